The first-order chi connectivity index (χ1) is 10.0. The fourth-order valence-corrected chi connectivity index (χ4v) is 5.63. The number of hydrogen-bond acceptors (Lipinski definition) is 6. The molecule has 118 valence electrons. The number of methoxy groups -OCH3 is 1. The third-order valence-electron chi connectivity index (χ3n) is 3.62. The van der Waals surface area contributed by atoms with Crippen LogP contribution in [0.3, 0.4) is 0 Å². The van der Waals surface area contributed by atoms with Crippen LogP contribution in [0, 0.1) is 0 Å². The minimum atomic E-state index is -3.74. The Labute approximate surface area is 128 Å². The zero-order chi connectivity index (χ0) is 15.5. The predicted molar refractivity (Wildman–Crippen MR) is 78.9 cm³/mol. The van der Waals surface area contributed by atoms with E-state index >= 15 is 0 Å². The number of rotatable bonds is 5. The molecule has 1 aromatic rings. The zero-order valence-corrected chi connectivity index (χ0v) is 13.5. The van der Waals surface area contributed by atoms with Gasteiger partial charge in [-0.25, -0.2) is 13.2 Å². The number of aliphatic hydroxyl groups is 1. The van der Waals surface area contributed by atoms with Crippen LogP contribution in [0.2, 0.25) is 0 Å². The van der Waals surface area contributed by atoms with Crippen LogP contribution in [0.1, 0.15) is 35.4 Å². The maximum absolute atomic E-state index is 12.8. The fraction of sp³-hybridized carbons (Fsp3) is 0.615. The molecule has 1 aliphatic heterocycles. The minimum Gasteiger partial charge on any atom is -0.465 e. The Bertz CT molecular complexity index is 593. The van der Waals surface area contributed by atoms with Crippen molar-refractivity contribution in [2.24, 2.45) is 0 Å². The van der Waals surface area contributed by atoms with Crippen LogP contribution in [-0.2, 0) is 14.8 Å². The van der Waals surface area contributed by atoms with Gasteiger partial charge in [0.15, 0.2) is 0 Å². The molecular weight excluding hydrogens is 314 g/mol. The number of sulfonamides is 1. The Morgan fingerprint density at radius 3 is 2.95 bits per heavy atom. The molecule has 21 heavy (non-hydrogen) atoms. The van der Waals surface area contributed by atoms with E-state index in [0.29, 0.717) is 13.0 Å². The van der Waals surface area contributed by atoms with Crippen LogP contribution in [0.25, 0.3) is 0 Å². The van der Waals surface area contributed by atoms with Gasteiger partial charge in [-0.05, 0) is 30.7 Å². The highest BCUT2D eigenvalue weighted by Crippen LogP contribution is 2.31. The van der Waals surface area contributed by atoms with Gasteiger partial charge in [0.05, 0.1) is 7.11 Å². The lowest BCUT2D eigenvalue weighted by atomic mass is 10.0. The molecule has 1 unspecified atom stereocenters. The summed E-state index contributed by atoms with van der Waals surface area (Å²) in [5.74, 6) is -0.640. The van der Waals surface area contributed by atoms with E-state index in [2.05, 4.69) is 4.74 Å². The number of piperidine rings is 1. The summed E-state index contributed by atoms with van der Waals surface area (Å²) in [5.41, 5.74) is 0. The molecule has 0 spiro atoms. The van der Waals surface area contributed by atoms with Gasteiger partial charge in [0.1, 0.15) is 9.77 Å². The van der Waals surface area contributed by atoms with Gasteiger partial charge in [-0.3, -0.25) is 0 Å². The van der Waals surface area contributed by atoms with Crippen molar-refractivity contribution < 1.29 is 23.1 Å². The lowest BCUT2D eigenvalue weighted by molar-refractivity contribution is 0.0602. The van der Waals surface area contributed by atoms with Crippen molar-refractivity contribution in [2.45, 2.75) is 36.6 Å². The highest BCUT2D eigenvalue weighted by molar-refractivity contribution is 7.89. The summed E-state index contributed by atoms with van der Waals surface area (Å²) >= 11 is 1.06. The third-order valence-corrected chi connectivity index (χ3v) is 6.64. The Kier molecular flexibility index (Phi) is 5.37. The summed E-state index contributed by atoms with van der Waals surface area (Å²) < 4.78 is 31.7. The van der Waals surface area contributed by atoms with Crippen molar-refractivity contribution in [2.75, 3.05) is 20.3 Å². The molecule has 0 radical (unpaired) electrons. The van der Waals surface area contributed by atoms with E-state index in [1.165, 1.54) is 17.5 Å². The average molecular weight is 333 g/mol. The average Bonchev–Trinajstić information content (AvgIpc) is 2.97. The van der Waals surface area contributed by atoms with E-state index in [9.17, 15) is 13.2 Å². The van der Waals surface area contributed by atoms with Crippen molar-refractivity contribution in [3.63, 3.8) is 0 Å². The van der Waals surface area contributed by atoms with Gasteiger partial charge in [-0.15, -0.1) is 11.3 Å². The summed E-state index contributed by atoms with van der Waals surface area (Å²) in [6, 6.07) is 1.23. The second-order valence-electron chi connectivity index (χ2n) is 4.88. The third kappa shape index (κ3) is 3.28. The van der Waals surface area contributed by atoms with Crippen LogP contribution in [0.5, 0.6) is 0 Å². The normalized spacial score (nSPS) is 20.4. The number of carbonyl (C=O) groups is 1. The van der Waals surface area contributed by atoms with E-state index in [1.54, 1.807) is 5.38 Å². The predicted octanol–water partition coefficient (Wildman–Crippen LogP) is 1.46. The molecule has 1 N–H and O–H groups in total. The molecule has 0 aromatic carbocycles. The highest BCUT2D eigenvalue weighted by atomic mass is 32.2. The van der Waals surface area contributed by atoms with E-state index < -0.39 is 16.0 Å². The number of carbonyl (C=O) groups excluding carboxylic acids is 1. The lowest BCUT2D eigenvalue weighted by Gasteiger charge is -2.34. The first kappa shape index (κ1) is 16.4. The second kappa shape index (κ2) is 6.87. The second-order valence-corrected chi connectivity index (χ2v) is 7.66. The molecule has 0 bridgehead atoms. The topological polar surface area (TPSA) is 83.9 Å². The van der Waals surface area contributed by atoms with Crippen LogP contribution in [0.4, 0.5) is 0 Å². The Morgan fingerprint density at radius 1 is 1.52 bits per heavy atom. The van der Waals surface area contributed by atoms with Crippen molar-refractivity contribution in [3.8, 4) is 0 Å². The molecule has 1 fully saturated rings. The minimum absolute atomic E-state index is 0.00388. The summed E-state index contributed by atoms with van der Waals surface area (Å²) in [5, 5.41) is 10.7. The molecule has 2 rings (SSSR count). The monoisotopic (exact) mass is 333 g/mol. The molecule has 8 heteroatoms. The Balaban J connectivity index is 2.36. The molecule has 1 saturated heterocycles. The summed E-state index contributed by atoms with van der Waals surface area (Å²) in [6.45, 7) is 0.369. The molecule has 1 aromatic heterocycles. The molecule has 1 aliphatic rings. The van der Waals surface area contributed by atoms with Gasteiger partial charge < -0.3 is 9.84 Å². The molecule has 0 aliphatic carbocycles. The van der Waals surface area contributed by atoms with E-state index in [0.717, 1.165) is 30.6 Å². The Hall–Kier alpha value is -0.960. The van der Waals surface area contributed by atoms with Crippen molar-refractivity contribution in [1.82, 2.24) is 4.31 Å². The van der Waals surface area contributed by atoms with Crippen LogP contribution < -0.4 is 0 Å². The number of esters is 1. The highest BCUT2D eigenvalue weighted by Gasteiger charge is 2.36. The molecular formula is C13H19NO5S2. The molecule has 6 nitrogen and oxygen atoms in total. The van der Waals surface area contributed by atoms with Crippen molar-refractivity contribution in [3.05, 3.63) is 16.3 Å². The number of thiophene rings is 1. The zero-order valence-electron chi connectivity index (χ0n) is 11.8. The first-order valence-corrected chi connectivity index (χ1v) is 9.13. The quantitative estimate of drug-likeness (QED) is 0.825. The number of aliphatic hydroxyl groups excluding tert-OH is 1. The fourth-order valence-electron chi connectivity index (χ4n) is 2.60. The van der Waals surface area contributed by atoms with Gasteiger partial charge in [0.25, 0.3) is 0 Å². The molecule has 2 heterocycles. The van der Waals surface area contributed by atoms with Gasteiger partial charge in [0, 0.05) is 19.2 Å². The van der Waals surface area contributed by atoms with Crippen molar-refractivity contribution >= 4 is 27.3 Å². The smallest absolute Gasteiger partial charge is 0.349 e. The van der Waals surface area contributed by atoms with Gasteiger partial charge in [-0.1, -0.05) is 6.42 Å². The first-order valence-electron chi connectivity index (χ1n) is 6.81. The van der Waals surface area contributed by atoms with Crippen molar-refractivity contribution in [1.29, 1.82) is 0 Å². The summed E-state index contributed by atoms with van der Waals surface area (Å²) in [6.07, 6.45) is 2.89. The summed E-state index contributed by atoms with van der Waals surface area (Å²) in [4.78, 5) is 11.8. The number of hydrogen-bond donors (Lipinski definition) is 1. The van der Waals surface area contributed by atoms with E-state index in [1.807, 2.05) is 0 Å². The van der Waals surface area contributed by atoms with Gasteiger partial charge in [0.2, 0.25) is 10.0 Å². The lowest BCUT2D eigenvalue weighted by Crippen LogP contribution is -2.44. The molecule has 1 atom stereocenters. The number of ether oxygens (including phenoxy) is 1. The Morgan fingerprint density at radius 2 is 2.29 bits per heavy atom. The van der Waals surface area contributed by atoms with Gasteiger partial charge >= 0.3 is 5.97 Å². The van der Waals surface area contributed by atoms with E-state index in [4.69, 9.17) is 5.11 Å². The standard InChI is InChI=1S/C13H19NO5S2/c1-19-13(16)12-11(6-9-20-12)21(17,18)14-7-3-2-4-10(14)5-8-15/h6,9-10,15H,2-5,7-8H2,1H3. The molecule has 0 amide bonds. The largest absolute Gasteiger partial charge is 0.465 e. The van der Waals surface area contributed by atoms with Crippen LogP contribution >= 0.6 is 11.3 Å². The maximum Gasteiger partial charge on any atom is 0.349 e. The van der Waals surface area contributed by atoms with Crippen LogP contribution in [-0.4, -0.2) is 50.1 Å². The number of nitrogens with zero attached hydrogens (tertiary/aromatic N) is 1. The maximum atomic E-state index is 12.8. The SMILES string of the molecule is COC(=O)c1sccc1S(=O)(=O)N1CCCCC1CCO. The molecule has 0 saturated carbocycles. The van der Waals surface area contributed by atoms with Crippen LogP contribution in [0.15, 0.2) is 16.3 Å². The van der Waals surface area contributed by atoms with E-state index in [-0.39, 0.29) is 22.4 Å². The summed E-state index contributed by atoms with van der Waals surface area (Å²) in [7, 11) is -2.51. The van der Waals surface area contributed by atoms with Gasteiger partial charge in [-0.2, -0.15) is 4.31 Å².